The maximum absolute atomic E-state index is 12.4. The molecular formula is C19H18N2O4. The first-order valence-corrected chi connectivity index (χ1v) is 7.65. The van der Waals surface area contributed by atoms with E-state index in [2.05, 4.69) is 5.32 Å². The minimum atomic E-state index is -0.934. The summed E-state index contributed by atoms with van der Waals surface area (Å²) in [6.45, 7) is 1.54. The molecule has 1 N–H and O–H groups in total. The van der Waals surface area contributed by atoms with Crippen LogP contribution in [0, 0.1) is 11.3 Å². The summed E-state index contributed by atoms with van der Waals surface area (Å²) < 4.78 is 10.3. The Morgan fingerprint density at radius 2 is 1.72 bits per heavy atom. The van der Waals surface area contributed by atoms with Crippen LogP contribution >= 0.6 is 0 Å². The standard InChI is InChI=1S/C19H18N2O4/c1-13(25-16-11-7-6-10-15(16)12-20)18(22)21-17(19(23)24-2)14-8-4-3-5-9-14/h3-11,13,17H,1-2H3,(H,21,22)/t13-,17-/m0/s1. The van der Waals surface area contributed by atoms with Gasteiger partial charge >= 0.3 is 5.97 Å². The lowest BCUT2D eigenvalue weighted by Gasteiger charge is -2.20. The van der Waals surface area contributed by atoms with E-state index in [1.54, 1.807) is 55.5 Å². The lowest BCUT2D eigenvalue weighted by Crippen LogP contribution is -2.41. The molecule has 2 aromatic rings. The monoisotopic (exact) mass is 338 g/mol. The molecule has 0 spiro atoms. The number of carbonyl (C=O) groups excluding carboxylic acids is 2. The Labute approximate surface area is 146 Å². The first kappa shape index (κ1) is 18.0. The van der Waals surface area contributed by atoms with Gasteiger partial charge in [-0.2, -0.15) is 5.26 Å². The third-order valence-electron chi connectivity index (χ3n) is 3.54. The van der Waals surface area contributed by atoms with Crippen LogP contribution in [0.2, 0.25) is 0 Å². The number of methoxy groups -OCH3 is 1. The number of ether oxygens (including phenoxy) is 2. The van der Waals surface area contributed by atoms with Crippen LogP contribution in [0.3, 0.4) is 0 Å². The fourth-order valence-corrected chi connectivity index (χ4v) is 2.21. The molecule has 0 radical (unpaired) electrons. The third kappa shape index (κ3) is 4.58. The second-order valence-electron chi connectivity index (χ2n) is 5.24. The number of rotatable bonds is 6. The highest BCUT2D eigenvalue weighted by Gasteiger charge is 2.26. The minimum Gasteiger partial charge on any atom is -0.480 e. The van der Waals surface area contributed by atoms with Gasteiger partial charge in [-0.15, -0.1) is 0 Å². The first-order valence-electron chi connectivity index (χ1n) is 7.65. The van der Waals surface area contributed by atoms with Crippen LogP contribution in [0.1, 0.15) is 24.1 Å². The molecule has 6 nitrogen and oxygen atoms in total. The van der Waals surface area contributed by atoms with Crippen molar-refractivity contribution in [1.82, 2.24) is 5.32 Å². The molecule has 0 saturated heterocycles. The third-order valence-corrected chi connectivity index (χ3v) is 3.54. The number of nitriles is 1. The molecule has 0 aliphatic carbocycles. The predicted octanol–water partition coefficient (Wildman–Crippen LogP) is 2.36. The Balaban J connectivity index is 2.12. The van der Waals surface area contributed by atoms with Gasteiger partial charge in [0.1, 0.15) is 11.8 Å². The van der Waals surface area contributed by atoms with Gasteiger partial charge in [0.25, 0.3) is 5.91 Å². The number of esters is 1. The maximum Gasteiger partial charge on any atom is 0.333 e. The number of para-hydroxylation sites is 1. The SMILES string of the molecule is COC(=O)[C@@H](NC(=O)[C@H](C)Oc1ccccc1C#N)c1ccccc1. The van der Waals surface area contributed by atoms with E-state index in [-0.39, 0.29) is 0 Å². The molecule has 0 aliphatic rings. The summed E-state index contributed by atoms with van der Waals surface area (Å²) in [5.74, 6) is -0.766. The molecule has 0 aliphatic heterocycles. The lowest BCUT2D eigenvalue weighted by atomic mass is 10.1. The highest BCUT2D eigenvalue weighted by atomic mass is 16.5. The van der Waals surface area contributed by atoms with Crippen molar-refractivity contribution >= 4 is 11.9 Å². The zero-order chi connectivity index (χ0) is 18.2. The van der Waals surface area contributed by atoms with Crippen LogP contribution in [-0.4, -0.2) is 25.1 Å². The van der Waals surface area contributed by atoms with Crippen molar-refractivity contribution in [2.45, 2.75) is 19.1 Å². The molecule has 1 amide bonds. The number of hydrogen-bond acceptors (Lipinski definition) is 5. The summed E-state index contributed by atoms with van der Waals surface area (Å²) in [4.78, 5) is 24.4. The van der Waals surface area contributed by atoms with Gasteiger partial charge in [-0.1, -0.05) is 42.5 Å². The van der Waals surface area contributed by atoms with Crippen LogP contribution in [-0.2, 0) is 14.3 Å². The van der Waals surface area contributed by atoms with Gasteiger partial charge in [0.2, 0.25) is 0 Å². The average molecular weight is 338 g/mol. The van der Waals surface area contributed by atoms with E-state index in [1.165, 1.54) is 7.11 Å². The molecule has 2 aromatic carbocycles. The van der Waals surface area contributed by atoms with Crippen molar-refractivity contribution in [3.05, 3.63) is 65.7 Å². The van der Waals surface area contributed by atoms with E-state index < -0.39 is 24.0 Å². The molecule has 6 heteroatoms. The van der Waals surface area contributed by atoms with Gasteiger partial charge < -0.3 is 14.8 Å². The quantitative estimate of drug-likeness (QED) is 0.817. The summed E-state index contributed by atoms with van der Waals surface area (Å²) >= 11 is 0. The molecule has 0 fully saturated rings. The molecule has 25 heavy (non-hydrogen) atoms. The maximum atomic E-state index is 12.4. The smallest absolute Gasteiger partial charge is 0.333 e. The van der Waals surface area contributed by atoms with Gasteiger partial charge in [-0.3, -0.25) is 4.79 Å². The van der Waals surface area contributed by atoms with E-state index in [0.29, 0.717) is 16.9 Å². The molecule has 0 saturated carbocycles. The second-order valence-corrected chi connectivity index (χ2v) is 5.24. The normalized spacial score (nSPS) is 12.4. The Morgan fingerprint density at radius 3 is 2.36 bits per heavy atom. The second kappa shape index (κ2) is 8.50. The summed E-state index contributed by atoms with van der Waals surface area (Å²) in [5, 5.41) is 11.7. The van der Waals surface area contributed by atoms with E-state index in [0.717, 1.165) is 0 Å². The summed E-state index contributed by atoms with van der Waals surface area (Å²) in [6.07, 6.45) is -0.898. The topological polar surface area (TPSA) is 88.4 Å². The fraction of sp³-hybridized carbons (Fsp3) is 0.211. The number of hydrogen-bond donors (Lipinski definition) is 1. The van der Waals surface area contributed by atoms with E-state index in [4.69, 9.17) is 14.7 Å². The van der Waals surface area contributed by atoms with Crippen molar-refractivity contribution in [3.8, 4) is 11.8 Å². The molecule has 128 valence electrons. The number of amides is 1. The van der Waals surface area contributed by atoms with Crippen molar-refractivity contribution < 1.29 is 19.1 Å². The molecule has 0 aromatic heterocycles. The molecule has 0 bridgehead atoms. The summed E-state index contributed by atoms with van der Waals surface area (Å²) in [5.41, 5.74) is 0.932. The van der Waals surface area contributed by atoms with E-state index >= 15 is 0 Å². The van der Waals surface area contributed by atoms with Gasteiger partial charge in [-0.25, -0.2) is 4.79 Å². The van der Waals surface area contributed by atoms with Crippen molar-refractivity contribution in [2.24, 2.45) is 0 Å². The highest BCUT2D eigenvalue weighted by Crippen LogP contribution is 2.19. The zero-order valence-corrected chi connectivity index (χ0v) is 13.9. The molecule has 2 rings (SSSR count). The highest BCUT2D eigenvalue weighted by molar-refractivity contribution is 5.87. The van der Waals surface area contributed by atoms with Crippen LogP contribution in [0.4, 0.5) is 0 Å². The number of carbonyl (C=O) groups is 2. The zero-order valence-electron chi connectivity index (χ0n) is 13.9. The van der Waals surface area contributed by atoms with Gasteiger partial charge in [0.15, 0.2) is 12.1 Å². The molecule has 0 unspecified atom stereocenters. The average Bonchev–Trinajstić information content (AvgIpc) is 2.66. The van der Waals surface area contributed by atoms with Gasteiger partial charge in [-0.05, 0) is 24.6 Å². The Kier molecular flexibility index (Phi) is 6.13. The first-order chi connectivity index (χ1) is 12.1. The van der Waals surface area contributed by atoms with Crippen LogP contribution in [0.5, 0.6) is 5.75 Å². The van der Waals surface area contributed by atoms with Crippen LogP contribution < -0.4 is 10.1 Å². The molecule has 2 atom stereocenters. The fourth-order valence-electron chi connectivity index (χ4n) is 2.21. The Morgan fingerprint density at radius 1 is 1.08 bits per heavy atom. The van der Waals surface area contributed by atoms with Gasteiger partial charge in [0, 0.05) is 0 Å². The number of nitrogens with zero attached hydrogens (tertiary/aromatic N) is 1. The van der Waals surface area contributed by atoms with Crippen LogP contribution in [0.15, 0.2) is 54.6 Å². The Bertz CT molecular complexity index is 784. The molecule has 0 heterocycles. The van der Waals surface area contributed by atoms with E-state index in [9.17, 15) is 9.59 Å². The molecular weight excluding hydrogens is 320 g/mol. The largest absolute Gasteiger partial charge is 0.480 e. The lowest BCUT2D eigenvalue weighted by molar-refractivity contribution is -0.146. The minimum absolute atomic E-state index is 0.307. The number of benzene rings is 2. The van der Waals surface area contributed by atoms with Crippen molar-refractivity contribution in [3.63, 3.8) is 0 Å². The van der Waals surface area contributed by atoms with Crippen molar-refractivity contribution in [1.29, 1.82) is 5.26 Å². The van der Waals surface area contributed by atoms with Gasteiger partial charge in [0.05, 0.1) is 12.7 Å². The summed E-state index contributed by atoms with van der Waals surface area (Å²) in [7, 11) is 1.26. The van der Waals surface area contributed by atoms with E-state index in [1.807, 2.05) is 12.1 Å². The predicted molar refractivity (Wildman–Crippen MR) is 90.6 cm³/mol. The Hall–Kier alpha value is -3.33. The number of nitrogens with one attached hydrogen (secondary N) is 1. The van der Waals surface area contributed by atoms with Crippen molar-refractivity contribution in [2.75, 3.05) is 7.11 Å². The van der Waals surface area contributed by atoms with Crippen LogP contribution in [0.25, 0.3) is 0 Å². The summed E-state index contributed by atoms with van der Waals surface area (Å²) in [6, 6.07) is 16.5.